The lowest BCUT2D eigenvalue weighted by Crippen LogP contribution is -2.24. The van der Waals surface area contributed by atoms with Gasteiger partial charge in [-0.1, -0.05) is 46.5 Å². The first-order valence-corrected chi connectivity index (χ1v) is 15.1. The fraction of sp³-hybridized carbons (Fsp3) is 0.297. The molecule has 0 saturated carbocycles. The van der Waals surface area contributed by atoms with E-state index in [0.29, 0.717) is 0 Å². The van der Waals surface area contributed by atoms with Crippen LogP contribution in [0.1, 0.15) is 35.1 Å². The number of fused-ring (bicyclic) bond motifs is 4. The van der Waals surface area contributed by atoms with Crippen LogP contribution in [0, 0.1) is 27.7 Å². The highest BCUT2D eigenvalue weighted by Crippen LogP contribution is 2.33. The van der Waals surface area contributed by atoms with E-state index < -0.39 is 0 Å². The lowest BCUT2D eigenvalue weighted by atomic mass is 10.0. The number of pyridine rings is 2. The molecule has 5 nitrogen and oxygen atoms in total. The summed E-state index contributed by atoms with van der Waals surface area (Å²) in [5, 5.41) is 12.4. The van der Waals surface area contributed by atoms with Gasteiger partial charge in [0.1, 0.15) is 0 Å². The Kier molecular flexibility index (Phi) is 7.94. The fourth-order valence-electron chi connectivity index (χ4n) is 5.96. The maximum absolute atomic E-state index is 4.92. The van der Waals surface area contributed by atoms with Crippen molar-refractivity contribution in [1.29, 1.82) is 0 Å². The zero-order valence-electron chi connectivity index (χ0n) is 25.5. The van der Waals surface area contributed by atoms with Crippen molar-refractivity contribution < 1.29 is 0 Å². The standard InChI is InChI=1S/C37H41N5/c1-24-8-12-32-28(20-24)36(29-21-25(2)9-13-33(29)40-32)38-16-6-18-42(5)19-7-17-39-37-30-22-26(3)10-14-34(30)41-35-15-11-27(4)23-31(35)37/h8-15,20-23H,6-7,16-19H2,1-5H3,(H,38,40)(H,39,41). The summed E-state index contributed by atoms with van der Waals surface area (Å²) in [5.41, 5.74) is 11.6. The van der Waals surface area contributed by atoms with Gasteiger partial charge < -0.3 is 15.5 Å². The Balaban J connectivity index is 1.07. The molecule has 0 fully saturated rings. The molecule has 6 aromatic rings. The molecule has 4 aromatic carbocycles. The van der Waals surface area contributed by atoms with Gasteiger partial charge in [0.15, 0.2) is 0 Å². The van der Waals surface area contributed by atoms with Gasteiger partial charge in [-0.15, -0.1) is 0 Å². The molecule has 214 valence electrons. The topological polar surface area (TPSA) is 53.1 Å². The molecule has 42 heavy (non-hydrogen) atoms. The van der Waals surface area contributed by atoms with Gasteiger partial charge in [-0.05, 0) is 109 Å². The first kappa shape index (κ1) is 27.9. The highest BCUT2D eigenvalue weighted by atomic mass is 15.1. The number of nitrogens with one attached hydrogen (secondary N) is 2. The smallest absolute Gasteiger partial charge is 0.0730 e. The highest BCUT2D eigenvalue weighted by Gasteiger charge is 2.12. The molecule has 0 saturated heterocycles. The number of aromatic nitrogens is 2. The molecule has 0 amide bonds. The minimum Gasteiger partial charge on any atom is -0.384 e. The van der Waals surface area contributed by atoms with Gasteiger partial charge in [0.25, 0.3) is 0 Å². The third-order valence-corrected chi connectivity index (χ3v) is 8.20. The van der Waals surface area contributed by atoms with Crippen molar-refractivity contribution in [2.45, 2.75) is 40.5 Å². The molecule has 0 aliphatic heterocycles. The van der Waals surface area contributed by atoms with Crippen molar-refractivity contribution in [2.24, 2.45) is 0 Å². The molecule has 0 spiro atoms. The predicted molar refractivity (Wildman–Crippen MR) is 181 cm³/mol. The number of anilines is 2. The average molecular weight is 556 g/mol. The Morgan fingerprint density at radius 3 is 1.12 bits per heavy atom. The largest absolute Gasteiger partial charge is 0.384 e. The van der Waals surface area contributed by atoms with Gasteiger partial charge in [0.2, 0.25) is 0 Å². The van der Waals surface area contributed by atoms with Crippen LogP contribution < -0.4 is 10.6 Å². The van der Waals surface area contributed by atoms with Crippen LogP contribution in [0.2, 0.25) is 0 Å². The first-order chi connectivity index (χ1) is 20.4. The Bertz CT molecular complexity index is 1650. The SMILES string of the molecule is Cc1ccc2nc3ccc(C)cc3c(NCCCN(C)CCCNc3c4cc(C)ccc4nc4ccc(C)cc34)c2c1. The summed E-state index contributed by atoms with van der Waals surface area (Å²) in [4.78, 5) is 12.3. The van der Waals surface area contributed by atoms with Crippen LogP contribution in [0.15, 0.2) is 72.8 Å². The molecule has 5 heteroatoms. The quantitative estimate of drug-likeness (QED) is 0.131. The number of hydrogen-bond donors (Lipinski definition) is 2. The first-order valence-electron chi connectivity index (χ1n) is 15.1. The average Bonchev–Trinajstić information content (AvgIpc) is 2.97. The zero-order chi connectivity index (χ0) is 29.2. The van der Waals surface area contributed by atoms with E-state index in [2.05, 4.69) is 123 Å². The van der Waals surface area contributed by atoms with Gasteiger partial charge in [0.05, 0.1) is 33.4 Å². The maximum Gasteiger partial charge on any atom is 0.0730 e. The number of hydrogen-bond acceptors (Lipinski definition) is 5. The van der Waals surface area contributed by atoms with E-state index in [1.807, 2.05) is 0 Å². The summed E-state index contributed by atoms with van der Waals surface area (Å²) < 4.78 is 0. The minimum absolute atomic E-state index is 0.923. The minimum atomic E-state index is 0.923. The molecule has 6 rings (SSSR count). The Labute approximate surface area is 249 Å². The van der Waals surface area contributed by atoms with Crippen molar-refractivity contribution in [1.82, 2.24) is 14.9 Å². The summed E-state index contributed by atoms with van der Waals surface area (Å²) >= 11 is 0. The van der Waals surface area contributed by atoms with E-state index in [1.54, 1.807) is 0 Å². The van der Waals surface area contributed by atoms with Crippen molar-refractivity contribution in [3.8, 4) is 0 Å². The third kappa shape index (κ3) is 5.88. The lowest BCUT2D eigenvalue weighted by Gasteiger charge is -2.19. The van der Waals surface area contributed by atoms with E-state index in [1.165, 1.54) is 55.2 Å². The second kappa shape index (κ2) is 11.9. The van der Waals surface area contributed by atoms with Crippen molar-refractivity contribution in [3.63, 3.8) is 0 Å². The maximum atomic E-state index is 4.92. The van der Waals surface area contributed by atoms with Gasteiger partial charge in [-0.3, -0.25) is 0 Å². The van der Waals surface area contributed by atoms with E-state index in [-0.39, 0.29) is 0 Å². The predicted octanol–water partition coefficient (Wildman–Crippen LogP) is 8.56. The van der Waals surface area contributed by atoms with E-state index in [4.69, 9.17) is 9.97 Å². The molecule has 0 radical (unpaired) electrons. The summed E-state index contributed by atoms with van der Waals surface area (Å²) in [6.07, 6.45) is 2.15. The van der Waals surface area contributed by atoms with Crippen molar-refractivity contribution in [3.05, 3.63) is 95.1 Å². The Hall–Kier alpha value is -4.22. The van der Waals surface area contributed by atoms with Crippen LogP contribution in [-0.2, 0) is 0 Å². The van der Waals surface area contributed by atoms with Crippen LogP contribution >= 0.6 is 0 Å². The number of benzene rings is 4. The molecule has 2 N–H and O–H groups in total. The summed E-state index contributed by atoms with van der Waals surface area (Å²) in [6, 6.07) is 26.1. The van der Waals surface area contributed by atoms with Crippen LogP contribution in [0.25, 0.3) is 43.6 Å². The molecule has 0 aliphatic carbocycles. The van der Waals surface area contributed by atoms with Gasteiger partial charge in [-0.25, -0.2) is 9.97 Å². The second-order valence-electron chi connectivity index (χ2n) is 11.9. The van der Waals surface area contributed by atoms with Crippen LogP contribution in [0.3, 0.4) is 0 Å². The van der Waals surface area contributed by atoms with E-state index >= 15 is 0 Å². The third-order valence-electron chi connectivity index (χ3n) is 8.20. The van der Waals surface area contributed by atoms with Crippen molar-refractivity contribution >= 4 is 55.0 Å². The second-order valence-corrected chi connectivity index (χ2v) is 11.9. The molecule has 2 aromatic heterocycles. The van der Waals surface area contributed by atoms with Gasteiger partial charge in [-0.2, -0.15) is 0 Å². The normalized spacial score (nSPS) is 11.8. The van der Waals surface area contributed by atoms with Gasteiger partial charge >= 0.3 is 0 Å². The molecule has 0 bridgehead atoms. The summed E-state index contributed by atoms with van der Waals surface area (Å²) in [6.45, 7) is 12.5. The van der Waals surface area contributed by atoms with Crippen LogP contribution in [0.5, 0.6) is 0 Å². The van der Waals surface area contributed by atoms with Crippen molar-refractivity contribution in [2.75, 3.05) is 43.9 Å². The molecule has 2 heterocycles. The Morgan fingerprint density at radius 2 is 0.810 bits per heavy atom. The number of nitrogens with zero attached hydrogens (tertiary/aromatic N) is 3. The van der Waals surface area contributed by atoms with E-state index in [9.17, 15) is 0 Å². The molecular formula is C37H41N5. The molecule has 0 unspecified atom stereocenters. The van der Waals surface area contributed by atoms with E-state index in [0.717, 1.165) is 61.1 Å². The molecular weight excluding hydrogens is 514 g/mol. The fourth-order valence-corrected chi connectivity index (χ4v) is 5.96. The van der Waals surface area contributed by atoms with Crippen LogP contribution in [-0.4, -0.2) is 48.1 Å². The monoisotopic (exact) mass is 555 g/mol. The highest BCUT2D eigenvalue weighted by molar-refractivity contribution is 6.08. The summed E-state index contributed by atoms with van der Waals surface area (Å²) in [7, 11) is 2.23. The lowest BCUT2D eigenvalue weighted by molar-refractivity contribution is 0.331. The summed E-state index contributed by atoms with van der Waals surface area (Å²) in [5.74, 6) is 0. The van der Waals surface area contributed by atoms with Gasteiger partial charge in [0, 0.05) is 34.6 Å². The Morgan fingerprint density at radius 1 is 0.500 bits per heavy atom. The number of rotatable bonds is 10. The zero-order valence-corrected chi connectivity index (χ0v) is 25.5. The number of aryl methyl sites for hydroxylation is 4. The van der Waals surface area contributed by atoms with Crippen LogP contribution in [0.4, 0.5) is 11.4 Å². The molecule has 0 atom stereocenters. The molecule has 0 aliphatic rings.